The SMILES string of the molecule is [2H]C([2H])C1([2H])C([2H])([2H])C2([2H])C([2H])([2H])C(C)(c3nc4c([nH]3)c(=O)n(C([2H])([2H])CC([2H])([2H])[2H])c(=O)n4C([2H])([2H])CC([2H])([2H])[2H])C([2H])([2H])C([2H])(C1([2H])[2H])C2([2H])[2H]. The van der Waals surface area contributed by atoms with Gasteiger partial charge in [-0.1, -0.05) is 27.5 Å². The smallest absolute Gasteiger partial charge is 0.332 e. The van der Waals surface area contributed by atoms with Crippen molar-refractivity contribution >= 4 is 11.2 Å². The fraction of sp³-hybridized carbons (Fsp3) is 0.773. The fourth-order valence-corrected chi connectivity index (χ4v) is 3.00. The van der Waals surface area contributed by atoms with Crippen LogP contribution in [-0.2, 0) is 18.4 Å². The number of aryl methyl sites for hydroxylation is 1. The van der Waals surface area contributed by atoms with Gasteiger partial charge in [-0.15, -0.1) is 0 Å². The van der Waals surface area contributed by atoms with E-state index < -0.39 is 134 Å². The summed E-state index contributed by atoms with van der Waals surface area (Å²) in [4.78, 5) is 33.6. The maximum absolute atomic E-state index is 13.9. The van der Waals surface area contributed by atoms with Crippen molar-refractivity contribution < 1.29 is 34.3 Å². The van der Waals surface area contributed by atoms with Crippen LogP contribution in [0.25, 0.3) is 11.2 Å². The molecule has 0 radical (unpaired) electrons. The lowest BCUT2D eigenvalue weighted by atomic mass is 9.59. The summed E-state index contributed by atoms with van der Waals surface area (Å²) in [6.07, 6.45) is -24.4. The van der Waals surface area contributed by atoms with E-state index >= 15 is 0 Å². The molecule has 0 aromatic carbocycles. The molecule has 2 bridgehead atoms. The molecular weight excluding hydrogens is 352 g/mol. The van der Waals surface area contributed by atoms with Gasteiger partial charge in [0.25, 0.3) is 5.56 Å². The number of fused-ring (bicyclic) bond motifs is 3. The molecule has 0 spiro atoms. The Morgan fingerprint density at radius 1 is 1.21 bits per heavy atom. The highest BCUT2D eigenvalue weighted by Gasteiger charge is 2.43. The Bertz CT molecular complexity index is 1890. The number of H-pyrrole nitrogens is 1. The average molecular weight is 412 g/mol. The van der Waals surface area contributed by atoms with E-state index in [1.54, 1.807) is 0 Å². The highest BCUT2D eigenvalue weighted by atomic mass is 16.2. The second-order valence-corrected chi connectivity index (χ2v) is 6.13. The van der Waals surface area contributed by atoms with Gasteiger partial charge in [0.2, 0.25) is 0 Å². The molecule has 2 unspecified atom stereocenters. The van der Waals surface area contributed by atoms with Crippen LogP contribution >= 0.6 is 0 Å². The first kappa shape index (κ1) is 5.64. The Morgan fingerprint density at radius 2 is 1.89 bits per heavy atom. The van der Waals surface area contributed by atoms with Crippen LogP contribution in [0.2, 0.25) is 0 Å². The summed E-state index contributed by atoms with van der Waals surface area (Å²) in [6.45, 7) is -16.0. The third-order valence-electron chi connectivity index (χ3n) is 4.16. The van der Waals surface area contributed by atoms with Crippen molar-refractivity contribution in [1.29, 1.82) is 0 Å². The molecule has 28 heavy (non-hydrogen) atoms. The molecule has 2 aliphatic carbocycles. The van der Waals surface area contributed by atoms with Gasteiger partial charge in [-0.25, -0.2) is 9.78 Å². The molecular formula is C22H34N4O2. The number of imidazole rings is 1. The summed E-state index contributed by atoms with van der Waals surface area (Å²) in [5.74, 6) is -14.1. The molecule has 2 fully saturated rings. The van der Waals surface area contributed by atoms with Gasteiger partial charge in [0.05, 0.1) is 2.74 Å². The molecule has 6 nitrogen and oxygen atoms in total. The molecule has 2 aromatic rings. The molecule has 154 valence electrons. The van der Waals surface area contributed by atoms with Crippen molar-refractivity contribution in [1.82, 2.24) is 19.1 Å². The molecule has 2 saturated carbocycles. The largest absolute Gasteiger partial charge is 0.336 e. The Kier molecular flexibility index (Phi) is 1.45. The van der Waals surface area contributed by atoms with Crippen LogP contribution in [-0.4, -0.2) is 19.1 Å². The average Bonchev–Trinajstić information content (AvgIpc) is 3.35. The van der Waals surface area contributed by atoms with E-state index in [4.69, 9.17) is 31.5 Å². The Balaban J connectivity index is 2.30. The molecule has 0 aliphatic heterocycles. The van der Waals surface area contributed by atoms with Gasteiger partial charge in [-0.3, -0.25) is 13.9 Å². The van der Waals surface area contributed by atoms with Crippen molar-refractivity contribution in [2.45, 2.75) is 90.6 Å². The minimum absolute atomic E-state index is 0.212. The lowest BCUT2D eigenvalue weighted by molar-refractivity contribution is 0.0863. The van der Waals surface area contributed by atoms with Crippen molar-refractivity contribution in [3.8, 4) is 0 Å². The van der Waals surface area contributed by atoms with E-state index in [0.717, 1.165) is 0 Å². The van der Waals surface area contributed by atoms with Gasteiger partial charge in [-0.2, -0.15) is 0 Å². The Morgan fingerprint density at radius 3 is 2.54 bits per heavy atom. The molecule has 2 atom stereocenters. The van der Waals surface area contributed by atoms with E-state index in [9.17, 15) is 12.3 Å². The minimum atomic E-state index is -4.32. The summed E-state index contributed by atoms with van der Waals surface area (Å²) in [5, 5.41) is 0. The van der Waals surface area contributed by atoms with E-state index in [1.807, 2.05) is 0 Å². The van der Waals surface area contributed by atoms with Gasteiger partial charge in [0.15, 0.2) is 5.65 Å². The third kappa shape index (κ3) is 3.15. The first-order valence-corrected chi connectivity index (χ1v) is 8.15. The predicted molar refractivity (Wildman–Crippen MR) is 112 cm³/mol. The maximum Gasteiger partial charge on any atom is 0.332 e. The second kappa shape index (κ2) is 7.20. The molecule has 2 heterocycles. The summed E-state index contributed by atoms with van der Waals surface area (Å²) in [7, 11) is 0. The highest BCUT2D eigenvalue weighted by Crippen LogP contribution is 2.50. The maximum atomic E-state index is 13.9. The van der Waals surface area contributed by atoms with Crippen LogP contribution in [0.5, 0.6) is 0 Å². The monoisotopic (exact) mass is 411 g/mol. The van der Waals surface area contributed by atoms with Crippen molar-refractivity contribution in [2.24, 2.45) is 17.7 Å². The van der Waals surface area contributed by atoms with Crippen LogP contribution in [0.4, 0.5) is 0 Å². The molecule has 2 aromatic heterocycles. The zero-order valence-electron chi connectivity index (χ0n) is 39.6. The van der Waals surface area contributed by atoms with E-state index in [1.165, 1.54) is 0 Å². The Labute approximate surface area is 201 Å². The third-order valence-corrected chi connectivity index (χ3v) is 4.16. The predicted octanol–water partition coefficient (Wildman–Crippen LogP) is 3.81. The van der Waals surface area contributed by atoms with Crippen molar-refractivity contribution in [3.05, 3.63) is 26.7 Å². The number of aromatic nitrogens is 4. The van der Waals surface area contributed by atoms with Gasteiger partial charge >= 0.3 is 5.69 Å². The van der Waals surface area contributed by atoms with Gasteiger partial charge in [-0.05, 0) is 62.4 Å². The highest BCUT2D eigenvalue weighted by molar-refractivity contribution is 5.70. The molecule has 4 rings (SSSR count). The minimum Gasteiger partial charge on any atom is -0.336 e. The van der Waals surface area contributed by atoms with Crippen LogP contribution in [0.3, 0.4) is 0 Å². The summed E-state index contributed by atoms with van der Waals surface area (Å²) >= 11 is 0. The lowest BCUT2D eigenvalue weighted by Crippen LogP contribution is -2.40. The topological polar surface area (TPSA) is 72.7 Å². The normalized spacial score (nSPS) is 62.1. The standard InChI is InChI=1S/C22H34N4O2/c1-5-7-25-18-17(19(27)26(8-6-2)21(25)28)23-20(24-18)22(4)12-15-9-14(3)10-16(11-15)13-22/h14-16H,5-13H2,1-4H3,(H,23,24)/i1D3,2D3,3D2,7D2,8D2,9D2,10D2,11D2,12D2,13D2,14D,15D,16D. The van der Waals surface area contributed by atoms with E-state index in [2.05, 4.69) is 9.97 Å². The van der Waals surface area contributed by atoms with Crippen molar-refractivity contribution in [3.63, 3.8) is 0 Å². The summed E-state index contributed by atoms with van der Waals surface area (Å²) in [6, 6.07) is 0. The number of nitrogens with zero attached hydrogens (tertiary/aromatic N) is 3. The number of nitrogens with one attached hydrogen (secondary N) is 1. The van der Waals surface area contributed by atoms with E-state index in [-0.39, 0.29) is 4.57 Å². The number of rotatable bonds is 5. The first-order chi connectivity index (χ1) is 23.0. The van der Waals surface area contributed by atoms with Crippen LogP contribution in [0.1, 0.15) is 112 Å². The van der Waals surface area contributed by atoms with Crippen LogP contribution in [0, 0.1) is 17.7 Å². The number of hydrogen-bond donors (Lipinski definition) is 1. The molecule has 0 amide bonds. The second-order valence-electron chi connectivity index (χ2n) is 6.13. The summed E-state index contributed by atoms with van der Waals surface area (Å²) < 4.78 is 210. The molecule has 2 aliphatic rings. The molecule has 6 heteroatoms. The molecule has 1 N–H and O–H groups in total. The number of aromatic amines is 1. The van der Waals surface area contributed by atoms with Crippen molar-refractivity contribution in [2.75, 3.05) is 0 Å². The summed E-state index contributed by atoms with van der Waals surface area (Å²) in [5.41, 5.74) is -10.0. The van der Waals surface area contributed by atoms with Crippen LogP contribution < -0.4 is 11.2 Å². The quantitative estimate of drug-likeness (QED) is 0.813. The molecule has 0 saturated heterocycles. The lowest BCUT2D eigenvalue weighted by Gasteiger charge is -2.46. The fourth-order valence-electron chi connectivity index (χ4n) is 3.00. The van der Waals surface area contributed by atoms with Gasteiger partial charge in [0, 0.05) is 49.9 Å². The zero-order chi connectivity index (χ0) is 41.9. The first-order valence-electron chi connectivity index (χ1n) is 20.8. The zero-order valence-corrected chi connectivity index (χ0v) is 14.6. The Hall–Kier alpha value is -1.85. The van der Waals surface area contributed by atoms with Gasteiger partial charge < -0.3 is 4.98 Å². The van der Waals surface area contributed by atoms with Gasteiger partial charge in [0.1, 0.15) is 11.3 Å². The van der Waals surface area contributed by atoms with E-state index in [0.29, 0.717) is 6.92 Å². The van der Waals surface area contributed by atoms with Crippen LogP contribution in [0.15, 0.2) is 9.59 Å². The number of hydrogen-bond acceptors (Lipinski definition) is 3.